The Kier molecular flexibility index (Phi) is 6.26. The Labute approximate surface area is 193 Å². The first-order chi connectivity index (χ1) is 15.7. The molecule has 1 saturated heterocycles. The van der Waals surface area contributed by atoms with E-state index in [4.69, 9.17) is 9.47 Å². The molecule has 1 aliphatic carbocycles. The van der Waals surface area contributed by atoms with E-state index in [1.807, 2.05) is 36.4 Å². The number of carbonyl (C=O) groups is 3. The van der Waals surface area contributed by atoms with Gasteiger partial charge in [-0.25, -0.2) is 15.0 Å². The van der Waals surface area contributed by atoms with E-state index in [2.05, 4.69) is 23.0 Å². The standard InChI is InChI=1S/C25H29N3O5/c1-25(2,3)33-24(31)28-14-8-13-21(28)22(29)26-27-23(30)32-15-20-18-11-6-4-9-16(18)17-10-5-7-12-19(17)20/h4-7,9-12,20-21H,8,13-15H2,1-3H3,(H,26,29)(H,27,30). The summed E-state index contributed by atoms with van der Waals surface area (Å²) in [6, 6.07) is 15.4. The summed E-state index contributed by atoms with van der Waals surface area (Å²) in [5.41, 5.74) is 8.51. The quantitative estimate of drug-likeness (QED) is 0.689. The first-order valence-corrected chi connectivity index (χ1v) is 11.1. The van der Waals surface area contributed by atoms with E-state index in [1.54, 1.807) is 20.8 Å². The van der Waals surface area contributed by atoms with Gasteiger partial charge < -0.3 is 9.47 Å². The number of hydrogen-bond acceptors (Lipinski definition) is 5. The van der Waals surface area contributed by atoms with Gasteiger partial charge in [-0.2, -0.15) is 0 Å². The Morgan fingerprint density at radius 3 is 2.18 bits per heavy atom. The summed E-state index contributed by atoms with van der Waals surface area (Å²) in [6.45, 7) is 5.89. The molecule has 0 aromatic heterocycles. The van der Waals surface area contributed by atoms with Gasteiger partial charge in [-0.3, -0.25) is 15.1 Å². The molecule has 2 N–H and O–H groups in total. The molecule has 1 heterocycles. The Hall–Kier alpha value is -3.55. The summed E-state index contributed by atoms with van der Waals surface area (Å²) in [5.74, 6) is -0.553. The zero-order valence-electron chi connectivity index (χ0n) is 19.1. The Balaban J connectivity index is 1.31. The number of ether oxygens (including phenoxy) is 2. The third-order valence-electron chi connectivity index (χ3n) is 5.81. The number of benzene rings is 2. The van der Waals surface area contributed by atoms with E-state index in [0.29, 0.717) is 19.4 Å². The minimum Gasteiger partial charge on any atom is -0.447 e. The van der Waals surface area contributed by atoms with Gasteiger partial charge >= 0.3 is 12.2 Å². The summed E-state index contributed by atoms with van der Waals surface area (Å²) in [7, 11) is 0. The molecule has 174 valence electrons. The second kappa shape index (κ2) is 9.13. The van der Waals surface area contributed by atoms with E-state index >= 15 is 0 Å². The van der Waals surface area contributed by atoms with Crippen LogP contribution in [0, 0.1) is 0 Å². The third kappa shape index (κ3) is 4.94. The summed E-state index contributed by atoms with van der Waals surface area (Å²) >= 11 is 0. The van der Waals surface area contributed by atoms with Gasteiger partial charge in [-0.05, 0) is 55.9 Å². The SMILES string of the molecule is CC(C)(C)OC(=O)N1CCCC1C(=O)NNC(=O)OCC1c2ccccc2-c2ccccc21. The Bertz CT molecular complexity index is 1020. The molecular weight excluding hydrogens is 422 g/mol. The highest BCUT2D eigenvalue weighted by molar-refractivity contribution is 5.87. The highest BCUT2D eigenvalue weighted by Gasteiger charge is 2.37. The fraction of sp³-hybridized carbons (Fsp3) is 0.400. The van der Waals surface area contributed by atoms with Crippen LogP contribution in [0.15, 0.2) is 48.5 Å². The van der Waals surface area contributed by atoms with Crippen molar-refractivity contribution in [3.8, 4) is 11.1 Å². The lowest BCUT2D eigenvalue weighted by molar-refractivity contribution is -0.126. The maximum absolute atomic E-state index is 12.6. The monoisotopic (exact) mass is 451 g/mol. The number of fused-ring (bicyclic) bond motifs is 3. The molecule has 1 fully saturated rings. The van der Waals surface area contributed by atoms with Gasteiger partial charge in [-0.15, -0.1) is 0 Å². The van der Waals surface area contributed by atoms with Gasteiger partial charge in [0.2, 0.25) is 0 Å². The smallest absolute Gasteiger partial charge is 0.426 e. The number of carbonyl (C=O) groups excluding carboxylic acids is 3. The molecule has 2 aliphatic rings. The third-order valence-corrected chi connectivity index (χ3v) is 5.81. The summed E-state index contributed by atoms with van der Waals surface area (Å²) < 4.78 is 10.8. The molecule has 0 bridgehead atoms. The minimum absolute atomic E-state index is 0.0728. The van der Waals surface area contributed by atoms with Gasteiger partial charge in [0.05, 0.1) is 0 Å². The number of amides is 3. The zero-order chi connectivity index (χ0) is 23.6. The van der Waals surface area contributed by atoms with E-state index in [1.165, 1.54) is 4.90 Å². The molecule has 8 nitrogen and oxygen atoms in total. The van der Waals surface area contributed by atoms with Crippen LogP contribution < -0.4 is 10.9 Å². The summed E-state index contributed by atoms with van der Waals surface area (Å²) in [5, 5.41) is 0. The van der Waals surface area contributed by atoms with E-state index < -0.39 is 29.7 Å². The van der Waals surface area contributed by atoms with Crippen LogP contribution in [0.4, 0.5) is 9.59 Å². The molecule has 1 atom stereocenters. The Morgan fingerprint density at radius 1 is 0.970 bits per heavy atom. The van der Waals surface area contributed by atoms with Crippen LogP contribution in [-0.4, -0.2) is 47.8 Å². The maximum Gasteiger partial charge on any atom is 0.426 e. The van der Waals surface area contributed by atoms with Gasteiger partial charge in [0, 0.05) is 12.5 Å². The van der Waals surface area contributed by atoms with Crippen molar-refractivity contribution in [2.24, 2.45) is 0 Å². The number of hydrazine groups is 1. The second-order valence-corrected chi connectivity index (χ2v) is 9.27. The highest BCUT2D eigenvalue weighted by atomic mass is 16.6. The molecule has 1 aliphatic heterocycles. The largest absolute Gasteiger partial charge is 0.447 e. The molecule has 0 radical (unpaired) electrons. The van der Waals surface area contributed by atoms with Gasteiger partial charge in [0.1, 0.15) is 18.2 Å². The predicted octanol–water partition coefficient (Wildman–Crippen LogP) is 3.96. The number of likely N-dealkylation sites (tertiary alicyclic amines) is 1. The average Bonchev–Trinajstić information content (AvgIpc) is 3.38. The fourth-order valence-corrected chi connectivity index (χ4v) is 4.41. The van der Waals surface area contributed by atoms with Crippen LogP contribution in [0.1, 0.15) is 50.7 Å². The zero-order valence-corrected chi connectivity index (χ0v) is 19.1. The number of hydrogen-bond donors (Lipinski definition) is 2. The molecule has 2 aromatic rings. The summed E-state index contributed by atoms with van der Waals surface area (Å²) in [6.07, 6.45) is -0.118. The van der Waals surface area contributed by atoms with Crippen molar-refractivity contribution in [3.05, 3.63) is 59.7 Å². The molecule has 0 saturated carbocycles. The Morgan fingerprint density at radius 2 is 1.58 bits per heavy atom. The van der Waals surface area contributed by atoms with Crippen molar-refractivity contribution in [2.75, 3.05) is 13.2 Å². The molecule has 3 amide bonds. The molecule has 33 heavy (non-hydrogen) atoms. The lowest BCUT2D eigenvalue weighted by Crippen LogP contribution is -2.52. The van der Waals surface area contributed by atoms with E-state index in [0.717, 1.165) is 22.3 Å². The van der Waals surface area contributed by atoms with Crippen molar-refractivity contribution >= 4 is 18.1 Å². The average molecular weight is 452 g/mol. The van der Waals surface area contributed by atoms with Crippen LogP contribution in [0.2, 0.25) is 0 Å². The number of rotatable bonds is 3. The first-order valence-electron chi connectivity index (χ1n) is 11.1. The number of nitrogens with one attached hydrogen (secondary N) is 2. The van der Waals surface area contributed by atoms with Crippen LogP contribution in [-0.2, 0) is 14.3 Å². The van der Waals surface area contributed by atoms with Crippen LogP contribution in [0.5, 0.6) is 0 Å². The van der Waals surface area contributed by atoms with Crippen LogP contribution in [0.3, 0.4) is 0 Å². The minimum atomic E-state index is -0.757. The van der Waals surface area contributed by atoms with Crippen LogP contribution in [0.25, 0.3) is 11.1 Å². The molecule has 4 rings (SSSR count). The van der Waals surface area contributed by atoms with E-state index in [-0.39, 0.29) is 12.5 Å². The topological polar surface area (TPSA) is 97.0 Å². The highest BCUT2D eigenvalue weighted by Crippen LogP contribution is 2.44. The normalized spacial score (nSPS) is 17.2. The van der Waals surface area contributed by atoms with Crippen molar-refractivity contribution in [2.45, 2.75) is 51.2 Å². The van der Waals surface area contributed by atoms with E-state index in [9.17, 15) is 14.4 Å². The predicted molar refractivity (Wildman–Crippen MR) is 122 cm³/mol. The molecule has 2 aromatic carbocycles. The fourth-order valence-electron chi connectivity index (χ4n) is 4.41. The second-order valence-electron chi connectivity index (χ2n) is 9.27. The van der Waals surface area contributed by atoms with Crippen molar-refractivity contribution in [1.29, 1.82) is 0 Å². The van der Waals surface area contributed by atoms with Crippen molar-refractivity contribution in [3.63, 3.8) is 0 Å². The van der Waals surface area contributed by atoms with Gasteiger partial charge in [0.25, 0.3) is 5.91 Å². The van der Waals surface area contributed by atoms with Crippen molar-refractivity contribution < 1.29 is 23.9 Å². The molecule has 8 heteroatoms. The van der Waals surface area contributed by atoms with Crippen molar-refractivity contribution in [1.82, 2.24) is 15.8 Å². The maximum atomic E-state index is 12.6. The lowest BCUT2D eigenvalue weighted by Gasteiger charge is -2.28. The molecular formula is C25H29N3O5. The van der Waals surface area contributed by atoms with Crippen LogP contribution >= 0.6 is 0 Å². The molecule has 1 unspecified atom stereocenters. The van der Waals surface area contributed by atoms with Gasteiger partial charge in [-0.1, -0.05) is 48.5 Å². The number of nitrogens with zero attached hydrogens (tertiary/aromatic N) is 1. The summed E-state index contributed by atoms with van der Waals surface area (Å²) in [4.78, 5) is 38.6. The van der Waals surface area contributed by atoms with Gasteiger partial charge in [0.15, 0.2) is 0 Å². The molecule has 0 spiro atoms. The first kappa shape index (κ1) is 22.6. The lowest BCUT2D eigenvalue weighted by atomic mass is 9.98.